The van der Waals surface area contributed by atoms with Crippen molar-refractivity contribution in [1.29, 1.82) is 0 Å². The van der Waals surface area contributed by atoms with Crippen molar-refractivity contribution in [2.45, 2.75) is 11.8 Å². The monoisotopic (exact) mass is 351 g/mol. The van der Waals surface area contributed by atoms with Crippen LogP contribution in [-0.2, 0) is 10.0 Å². The number of aromatic nitrogens is 2. The fourth-order valence-electron chi connectivity index (χ4n) is 1.42. The molecule has 11 heteroatoms. The normalized spacial score (nSPS) is 11.4. The number of nitrogens with zero attached hydrogens (tertiary/aromatic N) is 2. The molecule has 0 unspecified atom stereocenters. The topological polar surface area (TPSA) is 109 Å². The zero-order valence-electron chi connectivity index (χ0n) is 10.3. The second kappa shape index (κ2) is 5.54. The number of hydrogen-bond donors (Lipinski definition) is 2. The number of hydrogen-bond acceptors (Lipinski definition) is 6. The van der Waals surface area contributed by atoms with Crippen LogP contribution in [0.4, 0.5) is 9.52 Å². The number of aromatic carboxylic acids is 1. The van der Waals surface area contributed by atoms with E-state index in [1.165, 1.54) is 0 Å². The number of benzene rings is 1. The highest BCUT2D eigenvalue weighted by molar-refractivity contribution is 7.93. The zero-order chi connectivity index (χ0) is 15.8. The summed E-state index contributed by atoms with van der Waals surface area (Å²) >= 11 is 6.58. The van der Waals surface area contributed by atoms with Gasteiger partial charge in [-0.05, 0) is 19.1 Å². The number of carboxylic acids is 1. The molecule has 21 heavy (non-hydrogen) atoms. The Morgan fingerprint density at radius 1 is 1.43 bits per heavy atom. The molecule has 0 fully saturated rings. The van der Waals surface area contributed by atoms with Crippen LogP contribution in [0, 0.1) is 12.7 Å². The van der Waals surface area contributed by atoms with Gasteiger partial charge in [0.05, 0.1) is 5.56 Å². The van der Waals surface area contributed by atoms with Crippen LogP contribution < -0.4 is 4.72 Å². The van der Waals surface area contributed by atoms with Gasteiger partial charge in [0.2, 0.25) is 5.13 Å². The summed E-state index contributed by atoms with van der Waals surface area (Å²) in [6, 6.07) is 1.65. The molecule has 0 saturated heterocycles. The number of anilines is 1. The van der Waals surface area contributed by atoms with Crippen molar-refractivity contribution in [2.75, 3.05) is 4.72 Å². The van der Waals surface area contributed by atoms with Gasteiger partial charge in [-0.25, -0.2) is 17.6 Å². The second-order valence-electron chi connectivity index (χ2n) is 3.80. The maximum absolute atomic E-state index is 14.0. The van der Waals surface area contributed by atoms with E-state index >= 15 is 0 Å². The smallest absolute Gasteiger partial charge is 0.338 e. The number of sulfonamides is 1. The van der Waals surface area contributed by atoms with Crippen LogP contribution in [0.1, 0.15) is 15.4 Å². The minimum absolute atomic E-state index is 0.0660. The van der Waals surface area contributed by atoms with Crippen LogP contribution in [0.15, 0.2) is 17.0 Å². The van der Waals surface area contributed by atoms with Crippen LogP contribution in [0.2, 0.25) is 5.02 Å². The fourth-order valence-corrected chi connectivity index (χ4v) is 3.65. The van der Waals surface area contributed by atoms with E-state index < -0.39 is 32.3 Å². The van der Waals surface area contributed by atoms with Gasteiger partial charge in [0, 0.05) is 5.02 Å². The lowest BCUT2D eigenvalue weighted by atomic mass is 10.2. The van der Waals surface area contributed by atoms with Gasteiger partial charge in [-0.1, -0.05) is 22.9 Å². The average Bonchev–Trinajstić information content (AvgIpc) is 2.76. The van der Waals surface area contributed by atoms with Gasteiger partial charge in [-0.15, -0.1) is 10.2 Å². The predicted molar refractivity (Wildman–Crippen MR) is 73.8 cm³/mol. The van der Waals surface area contributed by atoms with Crippen LogP contribution in [0.25, 0.3) is 0 Å². The summed E-state index contributed by atoms with van der Waals surface area (Å²) in [6.45, 7) is 1.61. The molecule has 0 amide bonds. The van der Waals surface area contributed by atoms with E-state index in [4.69, 9.17) is 16.7 Å². The second-order valence-corrected chi connectivity index (χ2v) is 7.07. The quantitative estimate of drug-likeness (QED) is 0.873. The Morgan fingerprint density at radius 3 is 2.62 bits per heavy atom. The van der Waals surface area contributed by atoms with E-state index in [0.29, 0.717) is 5.01 Å². The first-order valence-corrected chi connectivity index (χ1v) is 7.94. The summed E-state index contributed by atoms with van der Waals surface area (Å²) in [6.07, 6.45) is 0. The Kier molecular flexibility index (Phi) is 4.12. The van der Waals surface area contributed by atoms with Gasteiger partial charge < -0.3 is 5.11 Å². The molecular formula is C10H7ClFN3O4S2. The maximum Gasteiger partial charge on any atom is 0.338 e. The molecule has 2 rings (SSSR count). The standard InChI is InChI=1S/C10H7ClFN3O4S2/c1-4-13-14-10(20-4)15-21(18,19)7-3-5(11)2-6(8(7)12)9(16)17/h2-3H,1H3,(H,14,15)(H,16,17). The Bertz CT molecular complexity index is 822. The third-order valence-electron chi connectivity index (χ3n) is 2.27. The SMILES string of the molecule is Cc1nnc(NS(=O)(=O)c2cc(Cl)cc(C(=O)O)c2F)s1. The molecule has 2 aromatic rings. The first-order valence-electron chi connectivity index (χ1n) is 5.26. The summed E-state index contributed by atoms with van der Waals surface area (Å²) in [5.41, 5.74) is -0.837. The van der Waals surface area contributed by atoms with E-state index in [0.717, 1.165) is 23.5 Å². The third kappa shape index (κ3) is 3.28. The lowest BCUT2D eigenvalue weighted by molar-refractivity contribution is 0.0691. The van der Waals surface area contributed by atoms with Gasteiger partial charge in [0.1, 0.15) is 9.90 Å². The molecule has 0 spiro atoms. The first kappa shape index (κ1) is 15.6. The molecule has 1 heterocycles. The van der Waals surface area contributed by atoms with Gasteiger partial charge >= 0.3 is 5.97 Å². The van der Waals surface area contributed by atoms with E-state index in [1.54, 1.807) is 6.92 Å². The highest BCUT2D eigenvalue weighted by Gasteiger charge is 2.26. The average molecular weight is 352 g/mol. The maximum atomic E-state index is 14.0. The summed E-state index contributed by atoms with van der Waals surface area (Å²) in [5, 5.41) is 16.2. The number of rotatable bonds is 4. The Morgan fingerprint density at radius 2 is 2.10 bits per heavy atom. The lowest BCUT2D eigenvalue weighted by Crippen LogP contribution is -2.16. The summed E-state index contributed by atoms with van der Waals surface area (Å²) in [5.74, 6) is -3.03. The predicted octanol–water partition coefficient (Wildman–Crippen LogP) is 2.14. The van der Waals surface area contributed by atoms with Crippen molar-refractivity contribution in [2.24, 2.45) is 0 Å². The van der Waals surface area contributed by atoms with Crippen LogP contribution in [0.3, 0.4) is 0 Å². The Labute approximate surface area is 127 Å². The molecule has 2 N–H and O–H groups in total. The Balaban J connectivity index is 2.52. The third-order valence-corrected chi connectivity index (χ3v) is 4.71. The molecule has 1 aromatic carbocycles. The van der Waals surface area contributed by atoms with Gasteiger partial charge in [-0.3, -0.25) is 4.72 Å². The highest BCUT2D eigenvalue weighted by atomic mass is 35.5. The van der Waals surface area contributed by atoms with Gasteiger partial charge in [-0.2, -0.15) is 0 Å². The molecule has 0 saturated carbocycles. The molecule has 1 aromatic heterocycles. The number of carboxylic acid groups (broad SMARTS) is 1. The minimum atomic E-state index is -4.37. The van der Waals surface area contributed by atoms with Crippen molar-refractivity contribution in [3.8, 4) is 0 Å². The molecule has 0 bridgehead atoms. The molecule has 0 aliphatic rings. The minimum Gasteiger partial charge on any atom is -0.478 e. The van der Waals surface area contributed by atoms with E-state index in [-0.39, 0.29) is 10.2 Å². The van der Waals surface area contributed by atoms with Crippen molar-refractivity contribution < 1.29 is 22.7 Å². The molecule has 0 radical (unpaired) electrons. The molecule has 0 aliphatic carbocycles. The Hall–Kier alpha value is -1.78. The van der Waals surface area contributed by atoms with E-state index in [9.17, 15) is 17.6 Å². The van der Waals surface area contributed by atoms with Crippen LogP contribution in [-0.4, -0.2) is 29.7 Å². The van der Waals surface area contributed by atoms with Gasteiger partial charge in [0.25, 0.3) is 10.0 Å². The van der Waals surface area contributed by atoms with Crippen molar-refractivity contribution in [1.82, 2.24) is 10.2 Å². The number of aryl methyl sites for hydroxylation is 1. The number of nitrogens with one attached hydrogen (secondary N) is 1. The largest absolute Gasteiger partial charge is 0.478 e. The number of carbonyl (C=O) groups is 1. The fraction of sp³-hybridized carbons (Fsp3) is 0.100. The molecule has 7 nitrogen and oxygen atoms in total. The van der Waals surface area contributed by atoms with E-state index in [2.05, 4.69) is 10.2 Å². The van der Waals surface area contributed by atoms with E-state index in [1.807, 2.05) is 4.72 Å². The van der Waals surface area contributed by atoms with Crippen LogP contribution >= 0.6 is 22.9 Å². The van der Waals surface area contributed by atoms with Gasteiger partial charge in [0.15, 0.2) is 5.82 Å². The summed E-state index contributed by atoms with van der Waals surface area (Å²) in [7, 11) is -4.37. The zero-order valence-corrected chi connectivity index (χ0v) is 12.7. The lowest BCUT2D eigenvalue weighted by Gasteiger charge is -2.08. The molecule has 0 aliphatic heterocycles. The summed E-state index contributed by atoms with van der Waals surface area (Å²) < 4.78 is 40.2. The molecule has 0 atom stereocenters. The molecular weight excluding hydrogens is 345 g/mol. The van der Waals surface area contributed by atoms with Crippen molar-refractivity contribution >= 4 is 44.1 Å². The van der Waals surface area contributed by atoms with Crippen molar-refractivity contribution in [3.05, 3.63) is 33.5 Å². The molecule has 112 valence electrons. The summed E-state index contributed by atoms with van der Waals surface area (Å²) in [4.78, 5) is 10.0. The first-order chi connectivity index (χ1) is 9.70. The highest BCUT2D eigenvalue weighted by Crippen LogP contribution is 2.26. The van der Waals surface area contributed by atoms with Crippen LogP contribution in [0.5, 0.6) is 0 Å². The van der Waals surface area contributed by atoms with Crippen molar-refractivity contribution in [3.63, 3.8) is 0 Å². The number of halogens is 2.